The smallest absolute Gasteiger partial charge is 0.238 e. The minimum absolute atomic E-state index is 0.0415. The molecule has 1 heterocycles. The first-order valence-electron chi connectivity index (χ1n) is 8.28. The van der Waals surface area contributed by atoms with Gasteiger partial charge >= 0.3 is 0 Å². The van der Waals surface area contributed by atoms with E-state index in [1.807, 2.05) is 75.5 Å². The quantitative estimate of drug-likeness (QED) is 0.561. The van der Waals surface area contributed by atoms with Crippen LogP contribution in [0.4, 0.5) is 5.82 Å². The van der Waals surface area contributed by atoms with Gasteiger partial charge in [-0.3, -0.25) is 9.48 Å². The van der Waals surface area contributed by atoms with Crippen molar-refractivity contribution in [3.05, 3.63) is 64.8 Å². The maximum Gasteiger partial charge on any atom is 0.238 e. The van der Waals surface area contributed by atoms with E-state index in [0.29, 0.717) is 0 Å². The van der Waals surface area contributed by atoms with E-state index in [1.165, 1.54) is 11.8 Å². The van der Waals surface area contributed by atoms with Crippen LogP contribution in [-0.4, -0.2) is 20.9 Å². The monoisotopic (exact) mass is 429 g/mol. The molecule has 1 aromatic heterocycles. The summed E-state index contributed by atoms with van der Waals surface area (Å²) in [5.41, 5.74) is 2.86. The summed E-state index contributed by atoms with van der Waals surface area (Å²) >= 11 is 5.00. The van der Waals surface area contributed by atoms with Gasteiger partial charge in [-0.2, -0.15) is 5.10 Å². The second-order valence-electron chi connectivity index (χ2n) is 6.00. The van der Waals surface area contributed by atoms with Crippen molar-refractivity contribution < 1.29 is 4.79 Å². The third-order valence-corrected chi connectivity index (χ3v) is 5.66. The second-order valence-corrected chi connectivity index (χ2v) is 8.33. The van der Waals surface area contributed by atoms with Crippen LogP contribution in [0.3, 0.4) is 0 Å². The van der Waals surface area contributed by atoms with Gasteiger partial charge in [0.2, 0.25) is 5.91 Å². The Hall–Kier alpha value is -2.05. The van der Waals surface area contributed by atoms with Crippen LogP contribution in [0.1, 0.15) is 12.6 Å². The minimum Gasteiger partial charge on any atom is -0.309 e. The molecule has 0 bridgehead atoms. The number of halogens is 1. The first-order valence-corrected chi connectivity index (χ1v) is 9.95. The number of anilines is 1. The average Bonchev–Trinajstić information content (AvgIpc) is 2.90. The highest BCUT2D eigenvalue weighted by Gasteiger charge is 2.21. The molecule has 0 aliphatic heterocycles. The number of amides is 1. The fourth-order valence-corrected chi connectivity index (χ4v) is 3.89. The Morgan fingerprint density at radius 3 is 2.46 bits per heavy atom. The molecule has 3 rings (SSSR count). The summed E-state index contributed by atoms with van der Waals surface area (Å²) in [6, 6.07) is 18.0. The van der Waals surface area contributed by atoms with Crippen LogP contribution in [0.5, 0.6) is 0 Å². The Bertz CT molecular complexity index is 907. The van der Waals surface area contributed by atoms with E-state index in [1.54, 1.807) is 4.68 Å². The summed E-state index contributed by atoms with van der Waals surface area (Å²) < 4.78 is 2.74. The fourth-order valence-electron chi connectivity index (χ4n) is 2.74. The SMILES string of the molecule is Cc1nn(C)c(NC(=O)C(C)Sc2ccccc2)c1-c1ccc(Br)cc1. The van der Waals surface area contributed by atoms with Crippen molar-refractivity contribution in [3.8, 4) is 11.1 Å². The maximum absolute atomic E-state index is 12.7. The lowest BCUT2D eigenvalue weighted by Gasteiger charge is -2.14. The summed E-state index contributed by atoms with van der Waals surface area (Å²) in [7, 11) is 1.85. The van der Waals surface area contributed by atoms with Crippen LogP contribution in [0.25, 0.3) is 11.1 Å². The summed E-state index contributed by atoms with van der Waals surface area (Å²) in [6.07, 6.45) is 0. The number of nitrogens with one attached hydrogen (secondary N) is 1. The molecule has 1 N–H and O–H groups in total. The van der Waals surface area contributed by atoms with Crippen LogP contribution in [0.2, 0.25) is 0 Å². The van der Waals surface area contributed by atoms with Gasteiger partial charge in [-0.1, -0.05) is 46.3 Å². The number of thioether (sulfide) groups is 1. The summed E-state index contributed by atoms with van der Waals surface area (Å²) in [5.74, 6) is 0.676. The van der Waals surface area contributed by atoms with Crippen LogP contribution in [-0.2, 0) is 11.8 Å². The molecule has 1 unspecified atom stereocenters. The number of aryl methyl sites for hydroxylation is 2. The third kappa shape index (κ3) is 4.19. The highest BCUT2D eigenvalue weighted by atomic mass is 79.9. The molecule has 3 aromatic rings. The Morgan fingerprint density at radius 2 is 1.81 bits per heavy atom. The van der Waals surface area contributed by atoms with Gasteiger partial charge in [0.15, 0.2) is 0 Å². The number of carbonyl (C=O) groups excluding carboxylic acids is 1. The number of carbonyl (C=O) groups is 1. The summed E-state index contributed by atoms with van der Waals surface area (Å²) in [5, 5.41) is 7.33. The van der Waals surface area contributed by atoms with Crippen molar-refractivity contribution in [3.63, 3.8) is 0 Å². The standard InChI is InChI=1S/C20H20BrN3OS/c1-13-18(15-9-11-16(21)12-10-15)19(24(3)23-13)22-20(25)14(2)26-17-7-5-4-6-8-17/h4-12,14H,1-3H3,(H,22,25). The van der Waals surface area contributed by atoms with Crippen molar-refractivity contribution in [1.29, 1.82) is 0 Å². The lowest BCUT2D eigenvalue weighted by atomic mass is 10.1. The number of nitrogens with zero attached hydrogens (tertiary/aromatic N) is 2. The zero-order valence-corrected chi connectivity index (χ0v) is 17.3. The first-order chi connectivity index (χ1) is 12.5. The number of aromatic nitrogens is 2. The van der Waals surface area contributed by atoms with Crippen molar-refractivity contribution in [1.82, 2.24) is 9.78 Å². The maximum atomic E-state index is 12.7. The van der Waals surface area contributed by atoms with E-state index < -0.39 is 0 Å². The van der Waals surface area contributed by atoms with E-state index in [9.17, 15) is 4.79 Å². The van der Waals surface area contributed by atoms with Gasteiger partial charge in [0.25, 0.3) is 0 Å². The van der Waals surface area contributed by atoms with Crippen molar-refractivity contribution in [2.24, 2.45) is 7.05 Å². The van der Waals surface area contributed by atoms with E-state index in [-0.39, 0.29) is 11.2 Å². The molecule has 0 saturated carbocycles. The van der Waals surface area contributed by atoms with E-state index in [0.717, 1.165) is 32.0 Å². The number of hydrogen-bond acceptors (Lipinski definition) is 3. The average molecular weight is 430 g/mol. The van der Waals surface area contributed by atoms with Crippen molar-refractivity contribution in [2.45, 2.75) is 24.0 Å². The lowest BCUT2D eigenvalue weighted by Crippen LogP contribution is -2.24. The van der Waals surface area contributed by atoms with Gasteiger partial charge in [-0.25, -0.2) is 0 Å². The Kier molecular flexibility index (Phi) is 5.84. The fraction of sp³-hybridized carbons (Fsp3) is 0.200. The number of benzene rings is 2. The molecular weight excluding hydrogens is 410 g/mol. The highest BCUT2D eigenvalue weighted by Crippen LogP contribution is 2.32. The molecule has 4 nitrogen and oxygen atoms in total. The van der Waals surface area contributed by atoms with Crippen molar-refractivity contribution in [2.75, 3.05) is 5.32 Å². The molecule has 1 atom stereocenters. The molecule has 26 heavy (non-hydrogen) atoms. The van der Waals surface area contributed by atoms with Crippen LogP contribution in [0, 0.1) is 6.92 Å². The first kappa shape index (κ1) is 18.7. The molecule has 0 saturated heterocycles. The van der Waals surface area contributed by atoms with Gasteiger partial charge < -0.3 is 5.32 Å². The third-order valence-electron chi connectivity index (χ3n) is 4.02. The molecule has 2 aromatic carbocycles. The zero-order chi connectivity index (χ0) is 18.7. The molecule has 0 spiro atoms. The summed E-state index contributed by atoms with van der Waals surface area (Å²) in [4.78, 5) is 13.8. The topological polar surface area (TPSA) is 46.9 Å². The molecule has 0 fully saturated rings. The van der Waals surface area contributed by atoms with Crippen LogP contribution < -0.4 is 5.32 Å². The highest BCUT2D eigenvalue weighted by molar-refractivity contribution is 9.10. The van der Waals surface area contributed by atoms with Gasteiger partial charge in [0.05, 0.1) is 10.9 Å². The molecule has 0 aliphatic rings. The Labute approximate surface area is 166 Å². The zero-order valence-electron chi connectivity index (χ0n) is 14.9. The number of hydrogen-bond donors (Lipinski definition) is 1. The Balaban J connectivity index is 1.83. The van der Waals surface area contributed by atoms with Gasteiger partial charge in [0, 0.05) is 22.0 Å². The van der Waals surface area contributed by atoms with Gasteiger partial charge in [-0.15, -0.1) is 11.8 Å². The van der Waals surface area contributed by atoms with Crippen molar-refractivity contribution >= 4 is 39.4 Å². The molecule has 6 heteroatoms. The van der Waals surface area contributed by atoms with E-state index in [2.05, 4.69) is 26.3 Å². The normalized spacial score (nSPS) is 12.0. The van der Waals surface area contributed by atoms with Crippen LogP contribution in [0.15, 0.2) is 64.0 Å². The molecule has 1 amide bonds. The predicted octanol–water partition coefficient (Wildman–Crippen LogP) is 5.28. The predicted molar refractivity (Wildman–Crippen MR) is 111 cm³/mol. The van der Waals surface area contributed by atoms with Gasteiger partial charge in [0.1, 0.15) is 5.82 Å². The lowest BCUT2D eigenvalue weighted by molar-refractivity contribution is -0.115. The molecule has 0 radical (unpaired) electrons. The number of rotatable bonds is 5. The minimum atomic E-state index is -0.217. The molecule has 134 valence electrons. The molecular formula is C20H20BrN3OS. The molecule has 0 aliphatic carbocycles. The van der Waals surface area contributed by atoms with E-state index in [4.69, 9.17) is 0 Å². The summed E-state index contributed by atoms with van der Waals surface area (Å²) in [6.45, 7) is 3.87. The van der Waals surface area contributed by atoms with Gasteiger partial charge in [-0.05, 0) is 43.7 Å². The Morgan fingerprint density at radius 1 is 1.15 bits per heavy atom. The second kappa shape index (κ2) is 8.10. The largest absolute Gasteiger partial charge is 0.309 e. The van der Waals surface area contributed by atoms with Crippen LogP contribution >= 0.6 is 27.7 Å². The van der Waals surface area contributed by atoms with E-state index >= 15 is 0 Å².